The van der Waals surface area contributed by atoms with Crippen molar-refractivity contribution in [3.8, 4) is 0 Å². The number of carboxylic acid groups (broad SMARTS) is 2. The van der Waals surface area contributed by atoms with Crippen molar-refractivity contribution >= 4 is 30.0 Å². The lowest BCUT2D eigenvalue weighted by Gasteiger charge is -2.22. The highest BCUT2D eigenvalue weighted by Crippen LogP contribution is 2.31. The van der Waals surface area contributed by atoms with Gasteiger partial charge in [-0.05, 0) is 79.7 Å². The quantitative estimate of drug-likeness (QED) is 0.224. The van der Waals surface area contributed by atoms with Crippen LogP contribution in [0.1, 0.15) is 77.0 Å². The Hall–Kier alpha value is -2.46. The van der Waals surface area contributed by atoms with E-state index in [2.05, 4.69) is 21.9 Å². The Kier molecular flexibility index (Phi) is 11.2. The Morgan fingerprint density at radius 2 is 1.75 bits per heavy atom. The molecule has 1 atom stereocenters. The van der Waals surface area contributed by atoms with E-state index < -0.39 is 11.3 Å². The van der Waals surface area contributed by atoms with Crippen molar-refractivity contribution in [2.24, 2.45) is 10.9 Å². The van der Waals surface area contributed by atoms with Crippen LogP contribution >= 0.6 is 11.8 Å². The molecule has 0 saturated heterocycles. The van der Waals surface area contributed by atoms with Crippen LogP contribution < -0.4 is 16.4 Å². The molecule has 2 aliphatic carbocycles. The van der Waals surface area contributed by atoms with E-state index in [0.717, 1.165) is 37.8 Å². The van der Waals surface area contributed by atoms with Crippen molar-refractivity contribution in [2.45, 2.75) is 82.2 Å². The Balaban J connectivity index is 0.000000837. The Morgan fingerprint density at radius 1 is 1.09 bits per heavy atom. The van der Waals surface area contributed by atoms with Gasteiger partial charge in [0.1, 0.15) is 6.21 Å². The maximum Gasteiger partial charge on any atom is 0.503 e. The molecule has 1 aliphatic heterocycles. The molecular weight excluding hydrogens is 432 g/mol. The van der Waals surface area contributed by atoms with E-state index in [4.69, 9.17) is 25.6 Å². The molecule has 32 heavy (non-hydrogen) atoms. The number of oxime groups is 1. The normalized spacial score (nSPS) is 24.1. The lowest BCUT2D eigenvalue weighted by molar-refractivity contribution is -0.114. The van der Waals surface area contributed by atoms with Gasteiger partial charge in [0.15, 0.2) is 0 Å². The standard InChI is InChI=1S/C21H32N4O2S.CH2O3/c22-21(23-14-15-28-21)27-24-16-20(26)25-19-13-9-5-4-8-12-18(19)17-10-6-2-1-3-7-11-17;2-1(3)4/h10,14-16,23H,1-9,11-13,22H2,(H,25,26);(H2,2,3,4). The van der Waals surface area contributed by atoms with Crippen molar-refractivity contribution < 1.29 is 24.6 Å². The second-order valence-corrected chi connectivity index (χ2v) is 9.00. The smallest absolute Gasteiger partial charge is 0.450 e. The van der Waals surface area contributed by atoms with Crippen LogP contribution in [0.2, 0.25) is 0 Å². The van der Waals surface area contributed by atoms with Gasteiger partial charge in [0.05, 0.1) is 0 Å². The number of rotatable bonds is 5. The molecular formula is C22H34N4O5S. The van der Waals surface area contributed by atoms with Crippen molar-refractivity contribution in [1.29, 1.82) is 0 Å². The average molecular weight is 467 g/mol. The highest BCUT2D eigenvalue weighted by Gasteiger charge is 2.29. The topological polar surface area (TPSA) is 146 Å². The number of thioether (sulfide) groups is 1. The van der Waals surface area contributed by atoms with Gasteiger partial charge in [-0.3, -0.25) is 10.5 Å². The maximum absolute atomic E-state index is 12.5. The zero-order chi connectivity index (χ0) is 23.2. The van der Waals surface area contributed by atoms with Crippen LogP contribution in [0.25, 0.3) is 0 Å². The third kappa shape index (κ3) is 9.78. The molecule has 0 aromatic heterocycles. The van der Waals surface area contributed by atoms with Gasteiger partial charge >= 0.3 is 11.3 Å². The molecule has 0 aromatic carbocycles. The fourth-order valence-corrected chi connectivity index (χ4v) is 4.48. The van der Waals surface area contributed by atoms with Gasteiger partial charge < -0.3 is 25.7 Å². The summed E-state index contributed by atoms with van der Waals surface area (Å²) in [5.74, 6) is -0.265. The monoisotopic (exact) mass is 466 g/mol. The number of nitrogens with zero attached hydrogens (tertiary/aromatic N) is 1. The predicted octanol–water partition coefficient (Wildman–Crippen LogP) is 4.59. The van der Waals surface area contributed by atoms with Crippen molar-refractivity contribution in [3.05, 3.63) is 34.5 Å². The van der Waals surface area contributed by atoms with E-state index in [1.807, 2.05) is 0 Å². The van der Waals surface area contributed by atoms with E-state index in [1.54, 1.807) is 11.6 Å². The molecule has 0 aromatic rings. The van der Waals surface area contributed by atoms with Crippen LogP contribution in [0, 0.1) is 0 Å². The molecule has 9 nitrogen and oxygen atoms in total. The zero-order valence-corrected chi connectivity index (χ0v) is 19.2. The third-order valence-electron chi connectivity index (χ3n) is 5.37. The third-order valence-corrected chi connectivity index (χ3v) is 6.19. The number of allylic oxidation sites excluding steroid dienone is 4. The highest BCUT2D eigenvalue weighted by atomic mass is 32.2. The van der Waals surface area contributed by atoms with Gasteiger partial charge in [-0.2, -0.15) is 0 Å². The van der Waals surface area contributed by atoms with Crippen LogP contribution in [-0.2, 0) is 9.63 Å². The van der Waals surface area contributed by atoms with Gasteiger partial charge in [-0.1, -0.05) is 36.9 Å². The van der Waals surface area contributed by atoms with Crippen LogP contribution in [0.5, 0.6) is 0 Å². The molecule has 178 valence electrons. The highest BCUT2D eigenvalue weighted by molar-refractivity contribution is 8.03. The Labute approximate surface area is 193 Å². The second-order valence-electron chi connectivity index (χ2n) is 7.88. The Bertz CT molecular complexity index is 751. The predicted molar refractivity (Wildman–Crippen MR) is 126 cm³/mol. The number of nitrogens with two attached hydrogens (primary N) is 1. The molecule has 3 rings (SSSR count). The molecule has 10 heteroatoms. The van der Waals surface area contributed by atoms with Gasteiger partial charge in [-0.25, -0.2) is 4.79 Å². The molecule has 0 bridgehead atoms. The van der Waals surface area contributed by atoms with E-state index in [0.29, 0.717) is 0 Å². The number of nitrogens with one attached hydrogen (secondary N) is 2. The lowest BCUT2D eigenvalue weighted by atomic mass is 9.87. The average Bonchev–Trinajstić information content (AvgIpc) is 3.11. The van der Waals surface area contributed by atoms with Crippen LogP contribution in [-0.4, -0.2) is 33.7 Å². The minimum atomic E-state index is -1.83. The Morgan fingerprint density at radius 3 is 2.44 bits per heavy atom. The first-order valence-corrected chi connectivity index (χ1v) is 12.0. The van der Waals surface area contributed by atoms with Gasteiger partial charge in [0, 0.05) is 11.9 Å². The number of hydrogen-bond acceptors (Lipinski definition) is 7. The first-order chi connectivity index (χ1) is 15.4. The largest absolute Gasteiger partial charge is 0.503 e. The zero-order valence-electron chi connectivity index (χ0n) is 18.3. The molecule has 0 radical (unpaired) electrons. The first-order valence-electron chi connectivity index (χ1n) is 11.1. The SMILES string of the molecule is NC1(ON=CC(=O)NC2=C(C3=CCCCCCC3)CCCCCC2)NC=CS1.O=C(O)O. The molecule has 3 aliphatic rings. The summed E-state index contributed by atoms with van der Waals surface area (Å²) in [6.07, 6.45) is 17.6. The summed E-state index contributed by atoms with van der Waals surface area (Å²) in [6.45, 7) is 0. The fourth-order valence-electron chi connectivity index (χ4n) is 3.92. The second kappa shape index (κ2) is 13.8. The summed E-state index contributed by atoms with van der Waals surface area (Å²) in [7, 11) is 0. The molecule has 0 spiro atoms. The summed E-state index contributed by atoms with van der Waals surface area (Å²) in [4.78, 5) is 26.2. The molecule has 6 N–H and O–H groups in total. The van der Waals surface area contributed by atoms with E-state index in [9.17, 15) is 4.79 Å². The fraction of sp³-hybridized carbons (Fsp3) is 0.591. The van der Waals surface area contributed by atoms with Gasteiger partial charge in [0.2, 0.25) is 0 Å². The summed E-state index contributed by atoms with van der Waals surface area (Å²) in [6, 6.07) is 0. The van der Waals surface area contributed by atoms with Crippen molar-refractivity contribution in [2.75, 3.05) is 0 Å². The number of carbonyl (C=O) groups is 2. The van der Waals surface area contributed by atoms with Crippen molar-refractivity contribution in [3.63, 3.8) is 0 Å². The summed E-state index contributed by atoms with van der Waals surface area (Å²) in [5.41, 5.74) is 9.80. The summed E-state index contributed by atoms with van der Waals surface area (Å²) in [5, 5.41) is 24.3. The summed E-state index contributed by atoms with van der Waals surface area (Å²) >= 11 is 1.26. The van der Waals surface area contributed by atoms with Gasteiger partial charge in [0.25, 0.3) is 5.91 Å². The van der Waals surface area contributed by atoms with Gasteiger partial charge in [-0.15, -0.1) is 0 Å². The van der Waals surface area contributed by atoms with E-state index in [-0.39, 0.29) is 5.91 Å². The molecule has 1 amide bonds. The minimum Gasteiger partial charge on any atom is -0.450 e. The van der Waals surface area contributed by atoms with Crippen LogP contribution in [0.15, 0.2) is 39.7 Å². The minimum absolute atomic E-state index is 0.265. The summed E-state index contributed by atoms with van der Waals surface area (Å²) < 4.78 is 0. The maximum atomic E-state index is 12.5. The number of carbonyl (C=O) groups excluding carboxylic acids is 1. The number of hydrogen-bond donors (Lipinski definition) is 5. The number of amides is 1. The van der Waals surface area contributed by atoms with Crippen molar-refractivity contribution in [1.82, 2.24) is 10.6 Å². The lowest BCUT2D eigenvalue weighted by Crippen LogP contribution is -2.46. The molecule has 0 fully saturated rings. The molecule has 1 unspecified atom stereocenters. The molecule has 0 saturated carbocycles. The first kappa shape index (κ1) is 25.8. The van der Waals surface area contributed by atoms with E-state index >= 15 is 0 Å². The van der Waals surface area contributed by atoms with E-state index in [1.165, 1.54) is 74.1 Å². The van der Waals surface area contributed by atoms with Crippen LogP contribution in [0.3, 0.4) is 0 Å². The van der Waals surface area contributed by atoms with Crippen LogP contribution in [0.4, 0.5) is 4.79 Å². The molecule has 1 heterocycles.